The van der Waals surface area contributed by atoms with Crippen LogP contribution in [-0.2, 0) is 0 Å². The van der Waals surface area contributed by atoms with Gasteiger partial charge in [0, 0.05) is 35.0 Å². The quantitative estimate of drug-likeness (QED) is 0.192. The molecule has 2 N–H and O–H groups in total. The lowest BCUT2D eigenvalue weighted by atomic mass is 10.0. The molecule has 0 aliphatic heterocycles. The van der Waals surface area contributed by atoms with Gasteiger partial charge in [-0.25, -0.2) is 9.97 Å². The summed E-state index contributed by atoms with van der Waals surface area (Å²) in [5.41, 5.74) is 10.8. The van der Waals surface area contributed by atoms with Crippen molar-refractivity contribution in [2.45, 2.75) is 27.7 Å². The summed E-state index contributed by atoms with van der Waals surface area (Å²) in [5, 5.41) is 7.54. The number of amides is 2. The molecule has 0 spiro atoms. The SMILES string of the molecule is Cc1ccc(-c2cc(C(=O)NCCNC(=O)c3cc(-c4ccc(C)c(C)c4)nc4ccccc34)c3ccccc3n2)cc1C. The van der Waals surface area contributed by atoms with Crippen molar-refractivity contribution in [3.63, 3.8) is 0 Å². The van der Waals surface area contributed by atoms with Crippen molar-refractivity contribution in [1.82, 2.24) is 20.6 Å². The number of para-hydroxylation sites is 2. The van der Waals surface area contributed by atoms with Gasteiger partial charge in [-0.05, 0) is 86.3 Å². The Balaban J connectivity index is 1.20. The maximum absolute atomic E-state index is 13.4. The summed E-state index contributed by atoms with van der Waals surface area (Å²) in [4.78, 5) is 36.6. The molecule has 0 fully saturated rings. The fraction of sp³-hybridized carbons (Fsp3) is 0.158. The summed E-state index contributed by atoms with van der Waals surface area (Å²) in [6.45, 7) is 8.83. The van der Waals surface area contributed by atoms with Gasteiger partial charge in [0.15, 0.2) is 0 Å². The van der Waals surface area contributed by atoms with E-state index in [1.165, 1.54) is 22.3 Å². The third kappa shape index (κ3) is 5.79. The molecule has 0 bridgehead atoms. The Bertz CT molecular complexity index is 1920. The number of nitrogens with one attached hydrogen (secondary N) is 2. The van der Waals surface area contributed by atoms with Gasteiger partial charge in [0.25, 0.3) is 11.8 Å². The molecule has 2 amide bonds. The highest BCUT2D eigenvalue weighted by Gasteiger charge is 2.16. The normalized spacial score (nSPS) is 11.1. The molecular formula is C38H34N4O2. The van der Waals surface area contributed by atoms with Crippen LogP contribution in [0.3, 0.4) is 0 Å². The zero-order valence-corrected chi connectivity index (χ0v) is 25.4. The number of hydrogen-bond donors (Lipinski definition) is 2. The second-order valence-corrected chi connectivity index (χ2v) is 11.3. The minimum Gasteiger partial charge on any atom is -0.350 e. The molecule has 2 heterocycles. The minimum absolute atomic E-state index is 0.214. The number of benzene rings is 4. The van der Waals surface area contributed by atoms with Crippen LogP contribution in [0.2, 0.25) is 0 Å². The standard InChI is InChI=1S/C38H34N4O2/c1-23-13-15-27(19-25(23)3)35-21-31(29-9-5-7-11-33(29)41-35)37(43)39-17-18-40-38(44)32-22-36(28-16-14-24(2)26(4)20-28)42-34-12-8-6-10-30(32)34/h5-16,19-22H,17-18H2,1-4H3,(H,39,43)(H,40,44). The molecule has 0 aliphatic rings. The van der Waals surface area contributed by atoms with E-state index in [1.54, 1.807) is 0 Å². The number of hydrogen-bond acceptors (Lipinski definition) is 4. The van der Waals surface area contributed by atoms with Crippen molar-refractivity contribution in [2.24, 2.45) is 0 Å². The van der Waals surface area contributed by atoms with Crippen molar-refractivity contribution in [2.75, 3.05) is 13.1 Å². The summed E-state index contributed by atoms with van der Waals surface area (Å²) in [6, 6.07) is 31.4. The zero-order valence-electron chi connectivity index (χ0n) is 25.4. The van der Waals surface area contributed by atoms with E-state index in [2.05, 4.69) is 62.6 Å². The lowest BCUT2D eigenvalue weighted by Crippen LogP contribution is -2.35. The predicted octanol–water partition coefficient (Wildman–Crippen LogP) is 7.51. The Morgan fingerprint density at radius 2 is 0.932 bits per heavy atom. The number of aromatic nitrogens is 2. The Kier molecular flexibility index (Phi) is 7.90. The van der Waals surface area contributed by atoms with Crippen molar-refractivity contribution < 1.29 is 9.59 Å². The van der Waals surface area contributed by atoms with Crippen molar-refractivity contribution in [3.8, 4) is 22.5 Å². The smallest absolute Gasteiger partial charge is 0.252 e. The monoisotopic (exact) mass is 578 g/mol. The number of pyridine rings is 2. The Morgan fingerprint density at radius 3 is 1.34 bits per heavy atom. The van der Waals surface area contributed by atoms with Crippen LogP contribution in [0.25, 0.3) is 44.3 Å². The fourth-order valence-electron chi connectivity index (χ4n) is 5.37. The highest BCUT2D eigenvalue weighted by Crippen LogP contribution is 2.28. The summed E-state index contributed by atoms with van der Waals surface area (Å²) < 4.78 is 0. The molecule has 0 unspecified atom stereocenters. The third-order valence-electron chi connectivity index (χ3n) is 8.22. The zero-order chi connectivity index (χ0) is 30.8. The third-order valence-corrected chi connectivity index (χ3v) is 8.22. The molecule has 4 aromatic carbocycles. The number of aryl methyl sites for hydroxylation is 4. The van der Waals surface area contributed by atoms with E-state index in [0.717, 1.165) is 44.3 Å². The van der Waals surface area contributed by atoms with Crippen LogP contribution >= 0.6 is 0 Å². The van der Waals surface area contributed by atoms with Crippen LogP contribution in [-0.4, -0.2) is 34.9 Å². The first kappa shape index (κ1) is 28.7. The lowest BCUT2D eigenvalue weighted by Gasteiger charge is -2.13. The largest absolute Gasteiger partial charge is 0.350 e. The molecule has 6 rings (SSSR count). The lowest BCUT2D eigenvalue weighted by molar-refractivity contribution is 0.0929. The Morgan fingerprint density at radius 1 is 0.523 bits per heavy atom. The van der Waals surface area contributed by atoms with E-state index in [9.17, 15) is 9.59 Å². The molecule has 44 heavy (non-hydrogen) atoms. The van der Waals surface area contributed by atoms with Crippen LogP contribution in [0.15, 0.2) is 97.1 Å². The highest BCUT2D eigenvalue weighted by molar-refractivity contribution is 6.08. The van der Waals surface area contributed by atoms with Gasteiger partial charge in [-0.1, -0.05) is 60.7 Å². The molecule has 6 heteroatoms. The Hall–Kier alpha value is -5.36. The molecule has 6 aromatic rings. The van der Waals surface area contributed by atoms with Crippen LogP contribution in [0.4, 0.5) is 0 Å². The van der Waals surface area contributed by atoms with Crippen LogP contribution < -0.4 is 10.6 Å². The molecule has 0 saturated carbocycles. The number of rotatable bonds is 7. The summed E-state index contributed by atoms with van der Waals surface area (Å²) in [7, 11) is 0. The summed E-state index contributed by atoms with van der Waals surface area (Å²) >= 11 is 0. The van der Waals surface area contributed by atoms with Crippen molar-refractivity contribution >= 4 is 33.6 Å². The minimum atomic E-state index is -0.214. The van der Waals surface area contributed by atoms with Crippen molar-refractivity contribution in [3.05, 3.63) is 130 Å². The van der Waals surface area contributed by atoms with Gasteiger partial charge in [-0.2, -0.15) is 0 Å². The first-order valence-corrected chi connectivity index (χ1v) is 14.8. The van der Waals surface area contributed by atoms with Gasteiger partial charge in [0.05, 0.1) is 33.5 Å². The number of carbonyl (C=O) groups excluding carboxylic acids is 2. The average Bonchev–Trinajstić information content (AvgIpc) is 3.04. The van der Waals surface area contributed by atoms with Crippen LogP contribution in [0, 0.1) is 27.7 Å². The maximum atomic E-state index is 13.4. The van der Waals surface area contributed by atoms with E-state index in [4.69, 9.17) is 9.97 Å². The first-order valence-electron chi connectivity index (χ1n) is 14.8. The predicted molar refractivity (Wildman–Crippen MR) is 178 cm³/mol. The van der Waals surface area contributed by atoms with Gasteiger partial charge in [0.2, 0.25) is 0 Å². The number of fused-ring (bicyclic) bond motifs is 2. The van der Waals surface area contributed by atoms with Gasteiger partial charge < -0.3 is 10.6 Å². The average molecular weight is 579 g/mol. The summed E-state index contributed by atoms with van der Waals surface area (Å²) in [5.74, 6) is -0.427. The van der Waals surface area contributed by atoms with Gasteiger partial charge in [0.1, 0.15) is 0 Å². The van der Waals surface area contributed by atoms with Gasteiger partial charge >= 0.3 is 0 Å². The molecule has 0 saturated heterocycles. The maximum Gasteiger partial charge on any atom is 0.252 e. The molecule has 6 nitrogen and oxygen atoms in total. The van der Waals surface area contributed by atoms with Gasteiger partial charge in [-0.3, -0.25) is 9.59 Å². The topological polar surface area (TPSA) is 84.0 Å². The summed E-state index contributed by atoms with van der Waals surface area (Å²) in [6.07, 6.45) is 0. The molecule has 218 valence electrons. The van der Waals surface area contributed by atoms with E-state index in [-0.39, 0.29) is 24.9 Å². The Labute approximate surface area is 257 Å². The van der Waals surface area contributed by atoms with E-state index in [0.29, 0.717) is 11.1 Å². The molecule has 0 radical (unpaired) electrons. The number of carbonyl (C=O) groups is 2. The first-order chi connectivity index (χ1) is 21.3. The molecule has 0 atom stereocenters. The van der Waals surface area contributed by atoms with Crippen LogP contribution in [0.5, 0.6) is 0 Å². The van der Waals surface area contributed by atoms with E-state index >= 15 is 0 Å². The van der Waals surface area contributed by atoms with E-state index in [1.807, 2.05) is 72.8 Å². The molecule has 0 aliphatic carbocycles. The van der Waals surface area contributed by atoms with Crippen molar-refractivity contribution in [1.29, 1.82) is 0 Å². The van der Waals surface area contributed by atoms with Gasteiger partial charge in [-0.15, -0.1) is 0 Å². The highest BCUT2D eigenvalue weighted by atomic mass is 16.2. The second kappa shape index (κ2) is 12.1. The molecule has 2 aromatic heterocycles. The van der Waals surface area contributed by atoms with Crippen LogP contribution in [0.1, 0.15) is 43.0 Å². The van der Waals surface area contributed by atoms with E-state index < -0.39 is 0 Å². The second-order valence-electron chi connectivity index (χ2n) is 11.3. The number of nitrogens with zero attached hydrogens (tertiary/aromatic N) is 2. The molecular weight excluding hydrogens is 544 g/mol. The fourth-order valence-corrected chi connectivity index (χ4v) is 5.37.